The van der Waals surface area contributed by atoms with Gasteiger partial charge in [-0.1, -0.05) is 18.9 Å². The van der Waals surface area contributed by atoms with E-state index in [0.29, 0.717) is 17.3 Å². The quantitative estimate of drug-likeness (QED) is 0.595. The number of hydrogen-bond acceptors (Lipinski definition) is 5. The third-order valence-electron chi connectivity index (χ3n) is 6.35. The summed E-state index contributed by atoms with van der Waals surface area (Å²) in [5.74, 6) is 1.25. The largest absolute Gasteiger partial charge is 0.340 e. The summed E-state index contributed by atoms with van der Waals surface area (Å²) < 4.78 is 13.7. The predicted molar refractivity (Wildman–Crippen MR) is 121 cm³/mol. The van der Waals surface area contributed by atoms with Crippen molar-refractivity contribution in [2.75, 3.05) is 11.9 Å². The Hall–Kier alpha value is -3.35. The number of anilines is 2. The summed E-state index contributed by atoms with van der Waals surface area (Å²) in [5, 5.41) is 3.21. The second kappa shape index (κ2) is 9.02. The van der Waals surface area contributed by atoms with Crippen LogP contribution in [0.4, 0.5) is 15.9 Å². The lowest BCUT2D eigenvalue weighted by Crippen LogP contribution is -2.35. The summed E-state index contributed by atoms with van der Waals surface area (Å²) in [6, 6.07) is 11.8. The maximum Gasteiger partial charge on any atom is 0.226 e. The zero-order valence-electron chi connectivity index (χ0n) is 17.9. The third-order valence-corrected chi connectivity index (χ3v) is 6.35. The molecule has 1 aliphatic heterocycles. The minimum Gasteiger partial charge on any atom is -0.340 e. The van der Waals surface area contributed by atoms with Crippen LogP contribution in [0.5, 0.6) is 0 Å². The fourth-order valence-electron chi connectivity index (χ4n) is 4.77. The van der Waals surface area contributed by atoms with E-state index < -0.39 is 0 Å². The number of hydrogen-bond donors (Lipinski definition) is 1. The lowest BCUT2D eigenvalue weighted by atomic mass is 10.1. The highest BCUT2D eigenvalue weighted by Gasteiger charge is 2.36. The van der Waals surface area contributed by atoms with Crippen LogP contribution >= 0.6 is 0 Å². The van der Waals surface area contributed by atoms with Gasteiger partial charge in [0.15, 0.2) is 5.82 Å². The molecule has 164 valence electrons. The van der Waals surface area contributed by atoms with E-state index in [-0.39, 0.29) is 23.7 Å². The lowest BCUT2D eigenvalue weighted by molar-refractivity contribution is -0.136. The first-order chi connectivity index (χ1) is 15.7. The standard InChI is InChI=1S/C25H26FN5O/c26-19-7-3-8-20(15-19)28-23-16-21(17-10-12-27-13-11-17)29-24(30-23)22-9-4-14-31(22)25(32)18-5-1-2-6-18/h3,7-8,10-13,15-16,18,22H,1-2,4-6,9,14H2,(H,28,29,30)/t22-/m0/s1. The molecule has 1 saturated carbocycles. The van der Waals surface area contributed by atoms with Crippen LogP contribution in [0.3, 0.4) is 0 Å². The van der Waals surface area contributed by atoms with Crippen LogP contribution in [-0.4, -0.2) is 32.3 Å². The van der Waals surface area contributed by atoms with Gasteiger partial charge in [-0.25, -0.2) is 14.4 Å². The first kappa shape index (κ1) is 20.5. The molecule has 5 rings (SSSR count). The minimum atomic E-state index is -0.317. The van der Waals surface area contributed by atoms with Gasteiger partial charge in [0, 0.05) is 42.2 Å². The number of pyridine rings is 1. The molecule has 1 aliphatic carbocycles. The molecule has 32 heavy (non-hydrogen) atoms. The summed E-state index contributed by atoms with van der Waals surface area (Å²) in [6.45, 7) is 0.746. The van der Waals surface area contributed by atoms with E-state index in [1.165, 1.54) is 12.1 Å². The maximum atomic E-state index is 13.7. The highest BCUT2D eigenvalue weighted by molar-refractivity contribution is 5.80. The van der Waals surface area contributed by atoms with Crippen LogP contribution in [0.2, 0.25) is 0 Å². The fraction of sp³-hybridized carbons (Fsp3) is 0.360. The third kappa shape index (κ3) is 4.33. The number of carbonyl (C=O) groups excluding carboxylic acids is 1. The van der Waals surface area contributed by atoms with Crippen molar-refractivity contribution in [1.29, 1.82) is 0 Å². The number of aromatic nitrogens is 3. The van der Waals surface area contributed by atoms with E-state index >= 15 is 0 Å². The number of amides is 1. The first-order valence-electron chi connectivity index (χ1n) is 11.3. The summed E-state index contributed by atoms with van der Waals surface area (Å²) >= 11 is 0. The van der Waals surface area contributed by atoms with Crippen LogP contribution in [0.15, 0.2) is 54.9 Å². The molecule has 3 heterocycles. The Balaban J connectivity index is 1.51. The molecule has 6 nitrogen and oxygen atoms in total. The van der Waals surface area contributed by atoms with Crippen LogP contribution in [0, 0.1) is 11.7 Å². The van der Waals surface area contributed by atoms with Crippen molar-refractivity contribution in [3.63, 3.8) is 0 Å². The topological polar surface area (TPSA) is 71.0 Å². The van der Waals surface area contributed by atoms with Crippen molar-refractivity contribution in [3.8, 4) is 11.3 Å². The van der Waals surface area contributed by atoms with E-state index in [2.05, 4.69) is 10.3 Å². The maximum absolute atomic E-state index is 13.7. The monoisotopic (exact) mass is 431 g/mol. The van der Waals surface area contributed by atoms with E-state index in [1.54, 1.807) is 24.5 Å². The average molecular weight is 432 g/mol. The van der Waals surface area contributed by atoms with Crippen LogP contribution in [0.25, 0.3) is 11.3 Å². The Kier molecular flexibility index (Phi) is 5.79. The van der Waals surface area contributed by atoms with Gasteiger partial charge in [0.1, 0.15) is 11.6 Å². The van der Waals surface area contributed by atoms with Crippen LogP contribution in [-0.2, 0) is 4.79 Å². The van der Waals surface area contributed by atoms with Crippen molar-refractivity contribution in [3.05, 3.63) is 66.5 Å². The van der Waals surface area contributed by atoms with Gasteiger partial charge in [0.25, 0.3) is 0 Å². The van der Waals surface area contributed by atoms with E-state index in [9.17, 15) is 9.18 Å². The smallest absolute Gasteiger partial charge is 0.226 e. The van der Waals surface area contributed by atoms with Crippen molar-refractivity contribution in [1.82, 2.24) is 19.9 Å². The van der Waals surface area contributed by atoms with Gasteiger partial charge >= 0.3 is 0 Å². The van der Waals surface area contributed by atoms with Gasteiger partial charge in [-0.15, -0.1) is 0 Å². The zero-order chi connectivity index (χ0) is 21.9. The lowest BCUT2D eigenvalue weighted by Gasteiger charge is -2.27. The summed E-state index contributed by atoms with van der Waals surface area (Å²) in [4.78, 5) is 28.9. The van der Waals surface area contributed by atoms with E-state index in [4.69, 9.17) is 9.97 Å². The Labute approximate surface area is 186 Å². The molecule has 2 fully saturated rings. The molecule has 0 unspecified atom stereocenters. The van der Waals surface area contributed by atoms with Gasteiger partial charge < -0.3 is 10.2 Å². The van der Waals surface area contributed by atoms with Gasteiger partial charge in [0.2, 0.25) is 5.91 Å². The molecule has 1 amide bonds. The normalized spacial score (nSPS) is 18.8. The molecular weight excluding hydrogens is 405 g/mol. The van der Waals surface area contributed by atoms with Gasteiger partial charge in [-0.3, -0.25) is 9.78 Å². The molecule has 0 spiro atoms. The fourth-order valence-corrected chi connectivity index (χ4v) is 4.77. The highest BCUT2D eigenvalue weighted by Crippen LogP contribution is 2.36. The molecule has 7 heteroatoms. The number of nitrogens with one attached hydrogen (secondary N) is 1. The van der Waals surface area contributed by atoms with Gasteiger partial charge in [-0.05, 0) is 56.0 Å². The highest BCUT2D eigenvalue weighted by atomic mass is 19.1. The summed E-state index contributed by atoms with van der Waals surface area (Å²) in [5.41, 5.74) is 2.27. The van der Waals surface area contributed by atoms with Crippen molar-refractivity contribution < 1.29 is 9.18 Å². The molecule has 0 radical (unpaired) electrons. The molecule has 2 aliphatic rings. The van der Waals surface area contributed by atoms with E-state index in [0.717, 1.165) is 56.3 Å². The molecular formula is C25H26FN5O. The Bertz CT molecular complexity index is 1100. The summed E-state index contributed by atoms with van der Waals surface area (Å²) in [6.07, 6.45) is 9.45. The van der Waals surface area contributed by atoms with Crippen LogP contribution in [0.1, 0.15) is 50.4 Å². The van der Waals surface area contributed by atoms with Gasteiger partial charge in [-0.2, -0.15) is 0 Å². The molecule has 2 aromatic heterocycles. The first-order valence-corrected chi connectivity index (χ1v) is 11.3. The SMILES string of the molecule is O=C(C1CCCC1)N1CCC[C@H]1c1nc(Nc2cccc(F)c2)cc(-c2ccncc2)n1. The molecule has 1 atom stereocenters. The molecule has 1 N–H and O–H groups in total. The van der Waals surface area contributed by atoms with Crippen LogP contribution < -0.4 is 5.32 Å². The molecule has 0 bridgehead atoms. The Morgan fingerprint density at radius 1 is 1.00 bits per heavy atom. The second-order valence-electron chi connectivity index (χ2n) is 8.54. The average Bonchev–Trinajstić information content (AvgIpc) is 3.52. The van der Waals surface area contributed by atoms with E-state index in [1.807, 2.05) is 23.1 Å². The number of benzene rings is 1. The number of likely N-dealkylation sites (tertiary alicyclic amines) is 1. The Morgan fingerprint density at radius 2 is 1.81 bits per heavy atom. The summed E-state index contributed by atoms with van der Waals surface area (Å²) in [7, 11) is 0. The van der Waals surface area contributed by atoms with Crippen molar-refractivity contribution in [2.24, 2.45) is 5.92 Å². The van der Waals surface area contributed by atoms with Crippen molar-refractivity contribution in [2.45, 2.75) is 44.6 Å². The Morgan fingerprint density at radius 3 is 2.59 bits per heavy atom. The second-order valence-corrected chi connectivity index (χ2v) is 8.54. The van der Waals surface area contributed by atoms with Crippen molar-refractivity contribution >= 4 is 17.4 Å². The molecule has 1 aromatic carbocycles. The number of halogens is 1. The number of nitrogens with zero attached hydrogens (tertiary/aromatic N) is 4. The molecule has 3 aromatic rings. The minimum absolute atomic E-state index is 0.129. The predicted octanol–water partition coefficient (Wildman–Crippen LogP) is 5.28. The molecule has 1 saturated heterocycles. The van der Waals surface area contributed by atoms with Gasteiger partial charge in [0.05, 0.1) is 11.7 Å². The zero-order valence-corrected chi connectivity index (χ0v) is 17.9. The number of carbonyl (C=O) groups is 1. The number of rotatable bonds is 5.